The number of aromatic nitrogens is 1. The summed E-state index contributed by atoms with van der Waals surface area (Å²) in [5.74, 6) is -0.565. The number of aliphatic hydroxyl groups excluding tert-OH is 1. The molecule has 1 aliphatic rings. The molecular formula is C31H26N2O5S. The van der Waals surface area contributed by atoms with Crippen LogP contribution in [0.15, 0.2) is 103 Å². The van der Waals surface area contributed by atoms with Crippen molar-refractivity contribution in [2.75, 3.05) is 11.5 Å². The molecule has 0 bridgehead atoms. The summed E-state index contributed by atoms with van der Waals surface area (Å²) in [5, 5.41) is 13.4. The van der Waals surface area contributed by atoms with Crippen molar-refractivity contribution in [2.24, 2.45) is 0 Å². The molecule has 8 heteroatoms. The summed E-state index contributed by atoms with van der Waals surface area (Å²) in [6.07, 6.45) is 3.21. The Morgan fingerprint density at radius 3 is 2.44 bits per heavy atom. The van der Waals surface area contributed by atoms with Crippen LogP contribution in [0.25, 0.3) is 5.76 Å². The Labute approximate surface area is 230 Å². The molecule has 0 saturated carbocycles. The zero-order valence-corrected chi connectivity index (χ0v) is 22.1. The number of hydrogen-bond acceptors (Lipinski definition) is 7. The highest BCUT2D eigenvalue weighted by molar-refractivity contribution is 7.14. The molecule has 4 aromatic rings. The minimum Gasteiger partial charge on any atom is -0.507 e. The van der Waals surface area contributed by atoms with E-state index < -0.39 is 17.7 Å². The first-order valence-electron chi connectivity index (χ1n) is 12.3. The van der Waals surface area contributed by atoms with E-state index in [4.69, 9.17) is 9.47 Å². The molecule has 196 valence electrons. The molecule has 0 spiro atoms. The van der Waals surface area contributed by atoms with Gasteiger partial charge in [0.05, 0.1) is 11.6 Å². The smallest absolute Gasteiger partial charge is 0.301 e. The summed E-state index contributed by atoms with van der Waals surface area (Å²) in [6.45, 7) is 6.42. The van der Waals surface area contributed by atoms with Gasteiger partial charge in [0.15, 0.2) is 5.13 Å². The van der Waals surface area contributed by atoms with E-state index in [-0.39, 0.29) is 11.3 Å². The zero-order chi connectivity index (χ0) is 27.4. The van der Waals surface area contributed by atoms with Crippen molar-refractivity contribution in [3.8, 4) is 11.5 Å². The third-order valence-electron chi connectivity index (χ3n) is 6.25. The van der Waals surface area contributed by atoms with Gasteiger partial charge in [-0.15, -0.1) is 11.3 Å². The van der Waals surface area contributed by atoms with E-state index in [0.29, 0.717) is 41.0 Å². The summed E-state index contributed by atoms with van der Waals surface area (Å²) in [6, 6.07) is 21.0. The maximum Gasteiger partial charge on any atom is 0.301 e. The second kappa shape index (κ2) is 11.4. The van der Waals surface area contributed by atoms with Crippen molar-refractivity contribution >= 4 is 33.9 Å². The van der Waals surface area contributed by atoms with Crippen molar-refractivity contribution in [2.45, 2.75) is 19.6 Å². The molecule has 7 nitrogen and oxygen atoms in total. The summed E-state index contributed by atoms with van der Waals surface area (Å²) in [5.41, 5.74) is 3.22. The first-order chi connectivity index (χ1) is 19.0. The molecule has 2 heterocycles. The summed E-state index contributed by atoms with van der Waals surface area (Å²) in [7, 11) is 0. The van der Waals surface area contributed by atoms with E-state index in [2.05, 4.69) is 17.6 Å². The average molecular weight is 539 g/mol. The second-order valence-electron chi connectivity index (χ2n) is 8.95. The Balaban J connectivity index is 1.47. The predicted octanol–water partition coefficient (Wildman–Crippen LogP) is 6.22. The first-order valence-corrected chi connectivity index (χ1v) is 13.2. The minimum atomic E-state index is -0.859. The van der Waals surface area contributed by atoms with Crippen LogP contribution in [-0.4, -0.2) is 28.4 Å². The highest BCUT2D eigenvalue weighted by atomic mass is 32.1. The largest absolute Gasteiger partial charge is 0.507 e. The third-order valence-corrected chi connectivity index (χ3v) is 7.02. The molecule has 1 amide bonds. The molecule has 1 aromatic heterocycles. The van der Waals surface area contributed by atoms with Crippen molar-refractivity contribution in [1.29, 1.82) is 0 Å². The van der Waals surface area contributed by atoms with Crippen LogP contribution in [-0.2, 0) is 16.2 Å². The number of thiazole rings is 1. The fraction of sp³-hybridized carbons (Fsp3) is 0.129. The highest BCUT2D eigenvalue weighted by Crippen LogP contribution is 2.43. The number of anilines is 1. The maximum atomic E-state index is 13.3. The van der Waals surface area contributed by atoms with Crippen LogP contribution in [0.5, 0.6) is 11.5 Å². The van der Waals surface area contributed by atoms with Gasteiger partial charge in [0.1, 0.15) is 30.5 Å². The lowest BCUT2D eigenvalue weighted by atomic mass is 9.95. The molecule has 1 N–H and O–H groups in total. The van der Waals surface area contributed by atoms with Gasteiger partial charge in [0, 0.05) is 17.1 Å². The van der Waals surface area contributed by atoms with Gasteiger partial charge < -0.3 is 14.6 Å². The number of ketones is 1. The zero-order valence-electron chi connectivity index (χ0n) is 21.2. The molecule has 0 radical (unpaired) electrons. The van der Waals surface area contributed by atoms with E-state index in [1.54, 1.807) is 66.2 Å². The highest BCUT2D eigenvalue weighted by Gasteiger charge is 2.48. The fourth-order valence-electron chi connectivity index (χ4n) is 4.41. The molecule has 3 aromatic carbocycles. The topological polar surface area (TPSA) is 89.0 Å². The first kappa shape index (κ1) is 25.9. The van der Waals surface area contributed by atoms with Crippen molar-refractivity contribution in [3.63, 3.8) is 0 Å². The van der Waals surface area contributed by atoms with Gasteiger partial charge in [-0.05, 0) is 54.4 Å². The SMILES string of the molecule is C=CCOc1ccc(C2/C(=C(\O)c3ccc(OCc4cccc(C)c4)cc3)C(=O)C(=O)N2c2nccs2)cc1. The van der Waals surface area contributed by atoms with Crippen molar-refractivity contribution < 1.29 is 24.2 Å². The van der Waals surface area contributed by atoms with Crippen LogP contribution in [0.1, 0.15) is 28.3 Å². The second-order valence-corrected chi connectivity index (χ2v) is 9.83. The van der Waals surface area contributed by atoms with Crippen LogP contribution in [0.2, 0.25) is 0 Å². The number of carbonyl (C=O) groups is 2. The monoisotopic (exact) mass is 538 g/mol. The van der Waals surface area contributed by atoms with E-state index in [1.165, 1.54) is 16.2 Å². The van der Waals surface area contributed by atoms with Crippen molar-refractivity contribution in [1.82, 2.24) is 4.98 Å². The lowest BCUT2D eigenvalue weighted by Crippen LogP contribution is -2.29. The number of rotatable bonds is 9. The van der Waals surface area contributed by atoms with Gasteiger partial charge in [-0.2, -0.15) is 0 Å². The van der Waals surface area contributed by atoms with Crippen LogP contribution in [0, 0.1) is 6.92 Å². The van der Waals surface area contributed by atoms with Crippen LogP contribution in [0.3, 0.4) is 0 Å². The van der Waals surface area contributed by atoms with E-state index in [9.17, 15) is 14.7 Å². The van der Waals surface area contributed by atoms with Crippen LogP contribution < -0.4 is 14.4 Å². The Morgan fingerprint density at radius 1 is 1.05 bits per heavy atom. The number of carbonyl (C=O) groups excluding carboxylic acids is 2. The number of benzene rings is 3. The minimum absolute atomic E-state index is 0.0108. The molecule has 1 atom stereocenters. The fourth-order valence-corrected chi connectivity index (χ4v) is 5.08. The number of nitrogens with zero attached hydrogens (tertiary/aromatic N) is 2. The van der Waals surface area contributed by atoms with Gasteiger partial charge in [-0.1, -0.05) is 54.6 Å². The predicted molar refractivity (Wildman–Crippen MR) is 151 cm³/mol. The Morgan fingerprint density at radius 2 is 1.77 bits per heavy atom. The van der Waals surface area contributed by atoms with Crippen LogP contribution in [0.4, 0.5) is 5.13 Å². The molecular weight excluding hydrogens is 512 g/mol. The Hall–Kier alpha value is -4.69. The normalized spacial score (nSPS) is 16.3. The number of Topliss-reactive ketones (excluding diaryl/α,β-unsaturated/α-hetero) is 1. The third kappa shape index (κ3) is 5.46. The number of hydrogen-bond donors (Lipinski definition) is 1. The van der Waals surface area contributed by atoms with Gasteiger partial charge >= 0.3 is 5.91 Å². The summed E-state index contributed by atoms with van der Waals surface area (Å²) in [4.78, 5) is 32.1. The van der Waals surface area contributed by atoms with Gasteiger partial charge in [-0.3, -0.25) is 14.5 Å². The van der Waals surface area contributed by atoms with E-state index in [0.717, 1.165) is 11.1 Å². The van der Waals surface area contributed by atoms with E-state index in [1.807, 2.05) is 25.1 Å². The molecule has 39 heavy (non-hydrogen) atoms. The molecule has 1 unspecified atom stereocenters. The molecule has 5 rings (SSSR count). The van der Waals surface area contributed by atoms with Gasteiger partial charge in [0.2, 0.25) is 0 Å². The number of aryl methyl sites for hydroxylation is 1. The van der Waals surface area contributed by atoms with Gasteiger partial charge in [0.25, 0.3) is 5.78 Å². The summed E-state index contributed by atoms with van der Waals surface area (Å²) >= 11 is 1.24. The molecule has 0 aliphatic carbocycles. The average Bonchev–Trinajstić information content (AvgIpc) is 3.57. The lowest BCUT2D eigenvalue weighted by molar-refractivity contribution is -0.132. The number of amides is 1. The maximum absolute atomic E-state index is 13.3. The van der Waals surface area contributed by atoms with Crippen molar-refractivity contribution in [3.05, 3.63) is 125 Å². The molecule has 1 saturated heterocycles. The number of aliphatic hydroxyl groups is 1. The Bertz CT molecular complexity index is 1530. The number of ether oxygens (including phenoxy) is 2. The Kier molecular flexibility index (Phi) is 7.56. The summed E-state index contributed by atoms with van der Waals surface area (Å²) < 4.78 is 11.5. The lowest BCUT2D eigenvalue weighted by Gasteiger charge is -2.23. The van der Waals surface area contributed by atoms with E-state index >= 15 is 0 Å². The van der Waals surface area contributed by atoms with Gasteiger partial charge in [-0.25, -0.2) is 4.98 Å². The standard InChI is InChI=1S/C31H26N2O5S/c1-3-16-37-24-11-7-22(8-12-24)27-26(29(35)30(36)33(27)31-32-15-17-39-31)28(34)23-9-13-25(14-10-23)38-19-21-6-4-5-20(2)18-21/h3-15,17-18,27,34H,1,16,19H2,2H3/b28-26+. The molecule has 1 fully saturated rings. The van der Waals surface area contributed by atoms with Crippen LogP contribution >= 0.6 is 11.3 Å². The quantitative estimate of drug-likeness (QED) is 0.118. The molecule has 1 aliphatic heterocycles.